The third-order valence-corrected chi connectivity index (χ3v) is 2.70. The zero-order chi connectivity index (χ0) is 9.97. The monoisotopic (exact) mass is 195 g/mol. The molecule has 0 saturated heterocycles. The van der Waals surface area contributed by atoms with E-state index in [1.165, 1.54) is 6.42 Å². The van der Waals surface area contributed by atoms with Crippen molar-refractivity contribution >= 4 is 0 Å². The summed E-state index contributed by atoms with van der Waals surface area (Å²) in [5.41, 5.74) is 6.59. The van der Waals surface area contributed by atoms with Crippen LogP contribution < -0.4 is 5.73 Å². The maximum absolute atomic E-state index is 5.51. The third-order valence-electron chi connectivity index (χ3n) is 2.70. The molecule has 1 aliphatic heterocycles. The van der Waals surface area contributed by atoms with E-state index in [9.17, 15) is 0 Å². The van der Waals surface area contributed by atoms with Crippen LogP contribution in [-0.2, 0) is 17.7 Å². The zero-order valence-electron chi connectivity index (χ0n) is 8.57. The van der Waals surface area contributed by atoms with Gasteiger partial charge < -0.3 is 15.0 Å². The van der Waals surface area contributed by atoms with E-state index >= 15 is 0 Å². The number of ether oxygens (including phenoxy) is 1. The molecular weight excluding hydrogens is 178 g/mol. The Kier molecular flexibility index (Phi) is 2.84. The lowest BCUT2D eigenvalue weighted by Gasteiger charge is -2.21. The zero-order valence-corrected chi connectivity index (χ0v) is 8.57. The quantitative estimate of drug-likeness (QED) is 0.778. The second-order valence-corrected chi connectivity index (χ2v) is 3.69. The molecule has 0 bridgehead atoms. The Labute approximate surface area is 84.1 Å². The van der Waals surface area contributed by atoms with Gasteiger partial charge in [-0.1, -0.05) is 0 Å². The summed E-state index contributed by atoms with van der Waals surface area (Å²) in [4.78, 5) is 4.55. The molecule has 0 spiro atoms. The normalized spacial score (nSPS) is 20.9. The molecule has 78 valence electrons. The fourth-order valence-electron chi connectivity index (χ4n) is 1.99. The number of nitrogens with two attached hydrogens (primary N) is 1. The standard InChI is InChI=1S/C10H17N3O/c1-14-9-3-2-6-13-7-8(4-5-11)12-10(9)13/h7,9H,2-6,11H2,1H3. The summed E-state index contributed by atoms with van der Waals surface area (Å²) >= 11 is 0. The van der Waals surface area contributed by atoms with Gasteiger partial charge in [-0.15, -0.1) is 0 Å². The van der Waals surface area contributed by atoms with Crippen LogP contribution in [0.25, 0.3) is 0 Å². The lowest BCUT2D eigenvalue weighted by molar-refractivity contribution is 0.0719. The highest BCUT2D eigenvalue weighted by Gasteiger charge is 2.22. The van der Waals surface area contributed by atoms with Crippen molar-refractivity contribution in [2.45, 2.75) is 31.9 Å². The average Bonchev–Trinajstić information content (AvgIpc) is 2.60. The van der Waals surface area contributed by atoms with Gasteiger partial charge in [0.05, 0.1) is 5.69 Å². The molecular formula is C10H17N3O. The first-order chi connectivity index (χ1) is 6.85. The van der Waals surface area contributed by atoms with Crippen LogP contribution in [0.2, 0.25) is 0 Å². The number of methoxy groups -OCH3 is 1. The van der Waals surface area contributed by atoms with Crippen LogP contribution in [0.4, 0.5) is 0 Å². The number of nitrogens with zero attached hydrogens (tertiary/aromatic N) is 2. The molecule has 1 atom stereocenters. The molecule has 1 aromatic heterocycles. The van der Waals surface area contributed by atoms with Crippen molar-refractivity contribution in [1.29, 1.82) is 0 Å². The SMILES string of the molecule is COC1CCCn2cc(CCN)nc21. The highest BCUT2D eigenvalue weighted by Crippen LogP contribution is 2.26. The predicted octanol–water partition coefficient (Wildman–Crippen LogP) is 0.866. The molecule has 0 radical (unpaired) electrons. The Morgan fingerprint density at radius 3 is 3.29 bits per heavy atom. The van der Waals surface area contributed by atoms with Gasteiger partial charge in [-0.2, -0.15) is 0 Å². The average molecular weight is 195 g/mol. The molecule has 1 unspecified atom stereocenters. The van der Waals surface area contributed by atoms with Crippen molar-refractivity contribution in [3.05, 3.63) is 17.7 Å². The minimum absolute atomic E-state index is 0.176. The number of aryl methyl sites for hydroxylation is 1. The Bertz CT molecular complexity index is 308. The summed E-state index contributed by atoms with van der Waals surface area (Å²) in [6, 6.07) is 0. The van der Waals surface area contributed by atoms with Crippen molar-refractivity contribution < 1.29 is 4.74 Å². The maximum Gasteiger partial charge on any atom is 0.138 e. The van der Waals surface area contributed by atoms with Gasteiger partial charge in [-0.25, -0.2) is 4.98 Å². The lowest BCUT2D eigenvalue weighted by Crippen LogP contribution is -2.16. The second kappa shape index (κ2) is 4.11. The van der Waals surface area contributed by atoms with Gasteiger partial charge in [-0.3, -0.25) is 0 Å². The molecule has 4 heteroatoms. The third kappa shape index (κ3) is 1.67. The summed E-state index contributed by atoms with van der Waals surface area (Å²) in [5, 5.41) is 0. The number of hydrogen-bond donors (Lipinski definition) is 1. The molecule has 0 aliphatic carbocycles. The highest BCUT2D eigenvalue weighted by molar-refractivity contribution is 5.09. The molecule has 14 heavy (non-hydrogen) atoms. The summed E-state index contributed by atoms with van der Waals surface area (Å²) in [6.45, 7) is 1.72. The second-order valence-electron chi connectivity index (χ2n) is 3.69. The molecule has 1 aromatic rings. The molecule has 0 fully saturated rings. The fraction of sp³-hybridized carbons (Fsp3) is 0.700. The maximum atomic E-state index is 5.51. The van der Waals surface area contributed by atoms with E-state index in [1.54, 1.807) is 7.11 Å². The smallest absolute Gasteiger partial charge is 0.138 e. The molecule has 0 aromatic carbocycles. The van der Waals surface area contributed by atoms with Crippen LogP contribution in [0.1, 0.15) is 30.5 Å². The van der Waals surface area contributed by atoms with Gasteiger partial charge in [-0.05, 0) is 19.4 Å². The van der Waals surface area contributed by atoms with Crippen molar-refractivity contribution in [2.24, 2.45) is 5.73 Å². The van der Waals surface area contributed by atoms with Crippen molar-refractivity contribution in [3.63, 3.8) is 0 Å². The Morgan fingerprint density at radius 2 is 2.57 bits per heavy atom. The molecule has 2 rings (SSSR count). The van der Waals surface area contributed by atoms with E-state index in [-0.39, 0.29) is 6.10 Å². The highest BCUT2D eigenvalue weighted by atomic mass is 16.5. The lowest BCUT2D eigenvalue weighted by atomic mass is 10.1. The Hall–Kier alpha value is -0.870. The topological polar surface area (TPSA) is 53.1 Å². The van der Waals surface area contributed by atoms with Crippen LogP contribution in [0, 0.1) is 0 Å². The van der Waals surface area contributed by atoms with Gasteiger partial charge in [0.1, 0.15) is 11.9 Å². The van der Waals surface area contributed by atoms with Gasteiger partial charge in [0.25, 0.3) is 0 Å². The molecule has 0 saturated carbocycles. The number of fused-ring (bicyclic) bond motifs is 1. The van der Waals surface area contributed by atoms with Crippen LogP contribution >= 0.6 is 0 Å². The first-order valence-electron chi connectivity index (χ1n) is 5.14. The van der Waals surface area contributed by atoms with E-state index in [1.807, 2.05) is 0 Å². The molecule has 4 nitrogen and oxygen atoms in total. The van der Waals surface area contributed by atoms with E-state index in [0.717, 1.165) is 30.9 Å². The largest absolute Gasteiger partial charge is 0.374 e. The van der Waals surface area contributed by atoms with Crippen molar-refractivity contribution in [3.8, 4) is 0 Å². The Morgan fingerprint density at radius 1 is 1.71 bits per heavy atom. The van der Waals surface area contributed by atoms with Gasteiger partial charge in [0, 0.05) is 26.3 Å². The van der Waals surface area contributed by atoms with E-state index < -0.39 is 0 Å². The minimum atomic E-state index is 0.176. The first-order valence-corrected chi connectivity index (χ1v) is 5.14. The number of imidazole rings is 1. The molecule has 0 amide bonds. The number of aromatic nitrogens is 2. The minimum Gasteiger partial charge on any atom is -0.374 e. The van der Waals surface area contributed by atoms with Gasteiger partial charge in [0.2, 0.25) is 0 Å². The van der Waals surface area contributed by atoms with E-state index in [2.05, 4.69) is 15.7 Å². The summed E-state index contributed by atoms with van der Waals surface area (Å²) in [6.07, 6.45) is 5.39. The molecule has 2 heterocycles. The van der Waals surface area contributed by atoms with Gasteiger partial charge >= 0.3 is 0 Å². The van der Waals surface area contributed by atoms with Crippen molar-refractivity contribution in [2.75, 3.05) is 13.7 Å². The van der Waals surface area contributed by atoms with Crippen LogP contribution in [0.3, 0.4) is 0 Å². The van der Waals surface area contributed by atoms with Crippen LogP contribution in [0.5, 0.6) is 0 Å². The summed E-state index contributed by atoms with van der Waals surface area (Å²) in [7, 11) is 1.75. The summed E-state index contributed by atoms with van der Waals surface area (Å²) in [5.74, 6) is 1.07. The van der Waals surface area contributed by atoms with Gasteiger partial charge in [0.15, 0.2) is 0 Å². The Balaban J connectivity index is 2.24. The van der Waals surface area contributed by atoms with Crippen LogP contribution in [0.15, 0.2) is 6.20 Å². The summed E-state index contributed by atoms with van der Waals surface area (Å²) < 4.78 is 7.59. The van der Waals surface area contributed by atoms with Crippen molar-refractivity contribution in [1.82, 2.24) is 9.55 Å². The van der Waals surface area contributed by atoms with E-state index in [4.69, 9.17) is 10.5 Å². The number of hydrogen-bond acceptors (Lipinski definition) is 3. The predicted molar refractivity (Wildman–Crippen MR) is 54.0 cm³/mol. The van der Waals surface area contributed by atoms with Crippen LogP contribution in [-0.4, -0.2) is 23.2 Å². The fourth-order valence-corrected chi connectivity index (χ4v) is 1.99. The number of rotatable bonds is 3. The van der Waals surface area contributed by atoms with E-state index in [0.29, 0.717) is 6.54 Å². The molecule has 2 N–H and O–H groups in total. The molecule has 1 aliphatic rings. The first kappa shape index (κ1) is 9.68.